The first kappa shape index (κ1) is 12.4. The molecule has 0 saturated heterocycles. The third kappa shape index (κ3) is 4.61. The van der Waals surface area contributed by atoms with Gasteiger partial charge >= 0.3 is 0 Å². The number of nitro groups is 1. The van der Waals surface area contributed by atoms with E-state index in [0.717, 1.165) is 0 Å². The minimum absolute atomic E-state index is 0.0159. The van der Waals surface area contributed by atoms with E-state index in [4.69, 9.17) is 10.8 Å². The second kappa shape index (κ2) is 6.06. The smallest absolute Gasteiger partial charge is 0.269 e. The molecule has 0 aliphatic rings. The van der Waals surface area contributed by atoms with Gasteiger partial charge in [0.25, 0.3) is 5.69 Å². The van der Waals surface area contributed by atoms with E-state index < -0.39 is 4.92 Å². The molecule has 0 spiro atoms. The molecular weight excluding hydrogens is 222 g/mol. The van der Waals surface area contributed by atoms with Crippen molar-refractivity contribution in [3.05, 3.63) is 58.9 Å². The van der Waals surface area contributed by atoms with Crippen molar-refractivity contribution in [2.24, 2.45) is 0 Å². The molecule has 0 fully saturated rings. The van der Waals surface area contributed by atoms with Gasteiger partial charge < -0.3 is 10.8 Å². The van der Waals surface area contributed by atoms with Crippen LogP contribution >= 0.6 is 0 Å². The lowest BCUT2D eigenvalue weighted by Crippen LogP contribution is -1.85. The molecule has 0 aliphatic heterocycles. The fraction of sp³-hybridized carbons (Fsp3) is 0. The summed E-state index contributed by atoms with van der Waals surface area (Å²) in [6.07, 6.45) is 3.30. The van der Waals surface area contributed by atoms with Crippen LogP contribution in [0.3, 0.4) is 0 Å². The summed E-state index contributed by atoms with van der Waals surface area (Å²) in [5.41, 5.74) is 5.99. The first-order valence-electron chi connectivity index (χ1n) is 4.68. The van der Waals surface area contributed by atoms with Crippen molar-refractivity contribution in [2.45, 2.75) is 0 Å². The van der Waals surface area contributed by atoms with E-state index >= 15 is 0 Å². The molecule has 2 aromatic rings. The van der Waals surface area contributed by atoms with Gasteiger partial charge in [0.05, 0.1) is 10.6 Å². The Morgan fingerprint density at radius 3 is 2.24 bits per heavy atom. The number of phenolic OH excluding ortho intramolecular Hbond substituents is 1. The topological polar surface area (TPSA) is 102 Å². The van der Waals surface area contributed by atoms with Gasteiger partial charge in [0, 0.05) is 24.5 Å². The van der Waals surface area contributed by atoms with Crippen LogP contribution < -0.4 is 5.73 Å². The number of rotatable bonds is 1. The predicted molar refractivity (Wildman–Crippen MR) is 63.4 cm³/mol. The van der Waals surface area contributed by atoms with Crippen LogP contribution in [0.1, 0.15) is 0 Å². The number of phenols is 1. The minimum atomic E-state index is -0.514. The molecule has 1 heterocycles. The Hall–Kier alpha value is -2.63. The third-order valence-electron chi connectivity index (χ3n) is 1.74. The molecule has 0 aliphatic carbocycles. The van der Waals surface area contributed by atoms with E-state index in [1.807, 2.05) is 0 Å². The number of anilines is 1. The maximum absolute atomic E-state index is 10.0. The molecule has 1 aromatic carbocycles. The van der Waals surface area contributed by atoms with Gasteiger partial charge in [0.1, 0.15) is 5.75 Å². The number of nitrogens with two attached hydrogens (primary N) is 1. The summed E-state index contributed by atoms with van der Waals surface area (Å²) in [5.74, 6) is 0.0330. The summed E-state index contributed by atoms with van der Waals surface area (Å²) in [6.45, 7) is 0. The van der Waals surface area contributed by atoms with E-state index in [-0.39, 0.29) is 11.4 Å². The number of aromatic hydroxyl groups is 1. The van der Waals surface area contributed by atoms with Crippen LogP contribution in [0.25, 0.3) is 0 Å². The first-order chi connectivity index (χ1) is 8.09. The normalized spacial score (nSPS) is 8.94. The molecular formula is C11H11N3O3. The van der Waals surface area contributed by atoms with Gasteiger partial charge in [-0.15, -0.1) is 0 Å². The van der Waals surface area contributed by atoms with E-state index in [1.54, 1.807) is 24.5 Å². The molecule has 6 nitrogen and oxygen atoms in total. The van der Waals surface area contributed by atoms with Crippen LogP contribution in [0.15, 0.2) is 48.8 Å². The Kier molecular flexibility index (Phi) is 4.44. The Labute approximate surface area is 97.5 Å². The van der Waals surface area contributed by atoms with Gasteiger partial charge in [-0.05, 0) is 24.3 Å². The van der Waals surface area contributed by atoms with Crippen LogP contribution in [0.4, 0.5) is 11.4 Å². The quantitative estimate of drug-likeness (QED) is 0.579. The van der Waals surface area contributed by atoms with Crippen molar-refractivity contribution >= 4 is 11.4 Å². The van der Waals surface area contributed by atoms with Crippen molar-refractivity contribution in [1.82, 2.24) is 4.98 Å². The highest BCUT2D eigenvalue weighted by atomic mass is 16.6. The van der Waals surface area contributed by atoms with Crippen LogP contribution in [0, 0.1) is 10.1 Å². The molecule has 6 heteroatoms. The predicted octanol–water partition coefficient (Wildman–Crippen LogP) is 1.96. The maximum Gasteiger partial charge on any atom is 0.269 e. The molecule has 3 N–H and O–H groups in total. The standard InChI is InChI=1S/C6H5NO3.C5H6N2/c8-6-3-1-5(2-4-6)7(9)10;6-5-2-1-3-7-4-5/h1-4,8H;1-4H,6H2. The monoisotopic (exact) mass is 233 g/mol. The summed E-state index contributed by atoms with van der Waals surface area (Å²) < 4.78 is 0. The van der Waals surface area contributed by atoms with Gasteiger partial charge in [0.15, 0.2) is 0 Å². The molecule has 0 unspecified atom stereocenters. The fourth-order valence-corrected chi connectivity index (χ4v) is 0.950. The summed E-state index contributed by atoms with van der Waals surface area (Å²) in [5, 5.41) is 18.8. The number of benzene rings is 1. The summed E-state index contributed by atoms with van der Waals surface area (Å²) in [4.78, 5) is 13.3. The van der Waals surface area contributed by atoms with Crippen molar-refractivity contribution in [1.29, 1.82) is 0 Å². The molecule has 0 saturated carbocycles. The van der Waals surface area contributed by atoms with Crippen molar-refractivity contribution < 1.29 is 10.0 Å². The molecule has 88 valence electrons. The lowest BCUT2D eigenvalue weighted by molar-refractivity contribution is -0.384. The SMILES string of the molecule is Nc1cccnc1.O=[N+]([O-])c1ccc(O)cc1. The maximum atomic E-state index is 10.0. The van der Waals surface area contributed by atoms with Crippen LogP contribution in [0.2, 0.25) is 0 Å². The van der Waals surface area contributed by atoms with Crippen molar-refractivity contribution in [3.8, 4) is 5.75 Å². The fourth-order valence-electron chi connectivity index (χ4n) is 0.950. The second-order valence-electron chi connectivity index (χ2n) is 3.06. The Morgan fingerprint density at radius 2 is 1.88 bits per heavy atom. The average Bonchev–Trinajstić information content (AvgIpc) is 2.31. The Balaban J connectivity index is 0.000000181. The molecule has 0 atom stereocenters. The highest BCUT2D eigenvalue weighted by Gasteiger charge is 2.01. The highest BCUT2D eigenvalue weighted by molar-refractivity contribution is 5.35. The summed E-state index contributed by atoms with van der Waals surface area (Å²) >= 11 is 0. The zero-order valence-corrected chi connectivity index (χ0v) is 8.85. The van der Waals surface area contributed by atoms with Gasteiger partial charge in [-0.2, -0.15) is 0 Å². The van der Waals surface area contributed by atoms with Crippen molar-refractivity contribution in [3.63, 3.8) is 0 Å². The van der Waals surface area contributed by atoms with Crippen LogP contribution in [-0.4, -0.2) is 15.0 Å². The summed E-state index contributed by atoms with van der Waals surface area (Å²) in [7, 11) is 0. The van der Waals surface area contributed by atoms with Gasteiger partial charge in [-0.25, -0.2) is 0 Å². The number of pyridine rings is 1. The number of non-ortho nitro benzene ring substituents is 1. The second-order valence-corrected chi connectivity index (χ2v) is 3.06. The van der Waals surface area contributed by atoms with Gasteiger partial charge in [-0.3, -0.25) is 15.1 Å². The zero-order valence-electron chi connectivity index (χ0n) is 8.85. The highest BCUT2D eigenvalue weighted by Crippen LogP contribution is 2.14. The van der Waals surface area contributed by atoms with E-state index in [1.165, 1.54) is 24.3 Å². The molecule has 0 amide bonds. The molecule has 1 aromatic heterocycles. The van der Waals surface area contributed by atoms with Gasteiger partial charge in [0.2, 0.25) is 0 Å². The molecule has 0 bridgehead atoms. The van der Waals surface area contributed by atoms with Crippen LogP contribution in [-0.2, 0) is 0 Å². The van der Waals surface area contributed by atoms with Gasteiger partial charge in [-0.1, -0.05) is 0 Å². The Bertz CT molecular complexity index is 471. The lowest BCUT2D eigenvalue weighted by Gasteiger charge is -1.89. The minimum Gasteiger partial charge on any atom is -0.508 e. The largest absolute Gasteiger partial charge is 0.508 e. The average molecular weight is 233 g/mol. The Morgan fingerprint density at radius 1 is 1.24 bits per heavy atom. The third-order valence-corrected chi connectivity index (χ3v) is 1.74. The number of nitrogen functional groups attached to an aromatic ring is 1. The molecule has 2 rings (SSSR count). The number of aromatic nitrogens is 1. The van der Waals surface area contributed by atoms with E-state index in [2.05, 4.69) is 4.98 Å². The number of nitro benzene ring substituents is 1. The summed E-state index contributed by atoms with van der Waals surface area (Å²) in [6, 6.07) is 8.64. The van der Waals surface area contributed by atoms with Crippen molar-refractivity contribution in [2.75, 3.05) is 5.73 Å². The first-order valence-corrected chi connectivity index (χ1v) is 4.68. The van der Waals surface area contributed by atoms with Crippen LogP contribution in [0.5, 0.6) is 5.75 Å². The van der Waals surface area contributed by atoms with E-state index in [9.17, 15) is 10.1 Å². The molecule has 17 heavy (non-hydrogen) atoms. The number of nitrogens with zero attached hydrogens (tertiary/aromatic N) is 2. The number of hydrogen-bond donors (Lipinski definition) is 2. The number of hydrogen-bond acceptors (Lipinski definition) is 5. The lowest BCUT2D eigenvalue weighted by atomic mass is 10.3. The molecule has 0 radical (unpaired) electrons. The zero-order chi connectivity index (χ0) is 12.7. The van der Waals surface area contributed by atoms with E-state index in [0.29, 0.717) is 5.69 Å².